The van der Waals surface area contributed by atoms with Crippen molar-refractivity contribution in [3.63, 3.8) is 0 Å². The van der Waals surface area contributed by atoms with E-state index >= 15 is 0 Å². The van der Waals surface area contributed by atoms with Crippen molar-refractivity contribution in [2.45, 2.75) is 19.1 Å². The first-order valence-electron chi connectivity index (χ1n) is 5.18. The summed E-state index contributed by atoms with van der Waals surface area (Å²) in [5.41, 5.74) is 1.06. The minimum atomic E-state index is 0.0643. The minimum Gasteiger partial charge on any atom is -0.272 e. The van der Waals surface area contributed by atoms with Crippen molar-refractivity contribution in [2.75, 3.05) is 18.9 Å². The first-order valence-corrected chi connectivity index (χ1v) is 7.21. The van der Waals surface area contributed by atoms with Gasteiger partial charge >= 0.3 is 0 Å². The van der Waals surface area contributed by atoms with Gasteiger partial charge in [-0.3, -0.25) is 9.63 Å². The Kier molecular flexibility index (Phi) is 4.20. The Morgan fingerprint density at radius 1 is 1.75 bits per heavy atom. The van der Waals surface area contributed by atoms with E-state index in [9.17, 15) is 4.79 Å². The highest BCUT2D eigenvalue weighted by Gasteiger charge is 2.18. The highest BCUT2D eigenvalue weighted by atomic mass is 32.2. The van der Waals surface area contributed by atoms with Gasteiger partial charge in [-0.05, 0) is 13.3 Å². The minimum absolute atomic E-state index is 0.0643. The summed E-state index contributed by atoms with van der Waals surface area (Å²) in [4.78, 5) is 21.1. The number of rotatable bonds is 4. The van der Waals surface area contributed by atoms with E-state index in [1.807, 2.05) is 12.3 Å². The lowest BCUT2D eigenvalue weighted by molar-refractivity contribution is -0.165. The van der Waals surface area contributed by atoms with Crippen LogP contribution in [0.2, 0.25) is 0 Å². The molecule has 0 saturated carbocycles. The number of carbonyl (C=O) groups excluding carboxylic acids is 1. The number of amides is 1. The third-order valence-corrected chi connectivity index (χ3v) is 3.95. The molecule has 0 N–H and O–H groups in total. The maximum atomic E-state index is 11.6. The summed E-state index contributed by atoms with van der Waals surface area (Å²) >= 11 is 3.23. The number of carbonyl (C=O) groups is 1. The third-order valence-electron chi connectivity index (χ3n) is 2.17. The molecule has 88 valence electrons. The van der Waals surface area contributed by atoms with E-state index in [0.717, 1.165) is 29.4 Å². The monoisotopic (exact) mass is 258 g/mol. The molecule has 1 fully saturated rings. The Morgan fingerprint density at radius 2 is 2.62 bits per heavy atom. The number of aryl methyl sites for hydroxylation is 1. The number of hydroxylamine groups is 2. The molecule has 1 aromatic rings. The molecule has 4 nitrogen and oxygen atoms in total. The van der Waals surface area contributed by atoms with Gasteiger partial charge in [-0.25, -0.2) is 10.0 Å². The Bertz CT molecular complexity index is 361. The summed E-state index contributed by atoms with van der Waals surface area (Å²) in [6.07, 6.45) is 0.946. The number of hydrogen-bond acceptors (Lipinski definition) is 5. The molecule has 16 heavy (non-hydrogen) atoms. The summed E-state index contributed by atoms with van der Waals surface area (Å²) in [5.74, 6) is 1.33. The van der Waals surface area contributed by atoms with Gasteiger partial charge in [-0.2, -0.15) is 0 Å². The van der Waals surface area contributed by atoms with Crippen molar-refractivity contribution >= 4 is 29.0 Å². The van der Waals surface area contributed by atoms with Crippen LogP contribution in [0.5, 0.6) is 0 Å². The van der Waals surface area contributed by atoms with E-state index in [1.165, 1.54) is 5.06 Å². The van der Waals surface area contributed by atoms with Crippen molar-refractivity contribution in [2.24, 2.45) is 0 Å². The summed E-state index contributed by atoms with van der Waals surface area (Å²) in [6.45, 7) is 3.39. The second-order valence-corrected chi connectivity index (χ2v) is 5.58. The van der Waals surface area contributed by atoms with E-state index in [-0.39, 0.29) is 5.91 Å². The molecular formula is C10H14N2O2S2. The van der Waals surface area contributed by atoms with Crippen LogP contribution in [0.1, 0.15) is 17.1 Å². The first-order chi connectivity index (χ1) is 7.75. The molecule has 0 atom stereocenters. The molecule has 2 rings (SSSR count). The molecule has 0 unspecified atom stereocenters. The normalized spacial score (nSPS) is 15.7. The predicted molar refractivity (Wildman–Crippen MR) is 65.3 cm³/mol. The van der Waals surface area contributed by atoms with Crippen LogP contribution in [0.15, 0.2) is 5.38 Å². The van der Waals surface area contributed by atoms with Gasteiger partial charge in [0.2, 0.25) is 0 Å². The van der Waals surface area contributed by atoms with Crippen molar-refractivity contribution in [3.05, 3.63) is 16.1 Å². The molecule has 1 aliphatic heterocycles. The van der Waals surface area contributed by atoms with Gasteiger partial charge in [0.05, 0.1) is 29.6 Å². The number of thiazole rings is 1. The van der Waals surface area contributed by atoms with Crippen LogP contribution in [0.25, 0.3) is 0 Å². The fraction of sp³-hybridized carbons (Fsp3) is 0.600. The average molecular weight is 258 g/mol. The second-order valence-electron chi connectivity index (χ2n) is 3.53. The van der Waals surface area contributed by atoms with Crippen molar-refractivity contribution in [1.82, 2.24) is 10.0 Å². The van der Waals surface area contributed by atoms with Crippen LogP contribution in [-0.2, 0) is 15.4 Å². The van der Waals surface area contributed by atoms with E-state index in [1.54, 1.807) is 23.1 Å². The molecule has 2 heterocycles. The largest absolute Gasteiger partial charge is 0.272 e. The SMILES string of the molecule is Cc1nc(CSCC(=O)N2CCCO2)cs1. The van der Waals surface area contributed by atoms with Crippen LogP contribution < -0.4 is 0 Å². The predicted octanol–water partition coefficient (Wildman–Crippen LogP) is 1.85. The zero-order valence-corrected chi connectivity index (χ0v) is 10.8. The van der Waals surface area contributed by atoms with E-state index in [2.05, 4.69) is 4.98 Å². The van der Waals surface area contributed by atoms with Crippen LogP contribution >= 0.6 is 23.1 Å². The van der Waals surface area contributed by atoms with Gasteiger partial charge in [0, 0.05) is 11.1 Å². The summed E-state index contributed by atoms with van der Waals surface area (Å²) in [6, 6.07) is 0. The van der Waals surface area contributed by atoms with Crippen molar-refractivity contribution < 1.29 is 9.63 Å². The molecule has 6 heteroatoms. The fourth-order valence-electron chi connectivity index (χ4n) is 1.43. The number of nitrogens with zero attached hydrogens (tertiary/aromatic N) is 2. The van der Waals surface area contributed by atoms with Gasteiger partial charge in [-0.15, -0.1) is 23.1 Å². The molecule has 1 saturated heterocycles. The summed E-state index contributed by atoms with van der Waals surface area (Å²) < 4.78 is 0. The lowest BCUT2D eigenvalue weighted by atomic mass is 10.5. The zero-order chi connectivity index (χ0) is 11.4. The van der Waals surface area contributed by atoms with E-state index in [4.69, 9.17) is 4.84 Å². The summed E-state index contributed by atoms with van der Waals surface area (Å²) in [7, 11) is 0. The zero-order valence-electron chi connectivity index (χ0n) is 9.14. The molecule has 0 bridgehead atoms. The topological polar surface area (TPSA) is 42.4 Å². The maximum absolute atomic E-state index is 11.6. The maximum Gasteiger partial charge on any atom is 0.256 e. The van der Waals surface area contributed by atoms with Crippen LogP contribution in [0.4, 0.5) is 0 Å². The number of hydrogen-bond donors (Lipinski definition) is 0. The Hall–Kier alpha value is -0.590. The lowest BCUT2D eigenvalue weighted by Crippen LogP contribution is -2.28. The van der Waals surface area contributed by atoms with Gasteiger partial charge < -0.3 is 0 Å². The average Bonchev–Trinajstić information content (AvgIpc) is 2.89. The molecule has 0 aromatic carbocycles. The molecule has 0 spiro atoms. The van der Waals surface area contributed by atoms with Gasteiger partial charge in [-0.1, -0.05) is 0 Å². The number of aromatic nitrogens is 1. The third kappa shape index (κ3) is 3.20. The van der Waals surface area contributed by atoms with Gasteiger partial charge in [0.25, 0.3) is 5.91 Å². The first kappa shape index (κ1) is 11.9. The van der Waals surface area contributed by atoms with Crippen molar-refractivity contribution in [3.8, 4) is 0 Å². The Labute approximate surface area is 103 Å². The fourth-order valence-corrected chi connectivity index (χ4v) is 2.93. The van der Waals surface area contributed by atoms with Crippen molar-refractivity contribution in [1.29, 1.82) is 0 Å². The van der Waals surface area contributed by atoms with Crippen LogP contribution in [-0.4, -0.2) is 34.9 Å². The Balaban J connectivity index is 1.69. The number of thioether (sulfide) groups is 1. The second kappa shape index (κ2) is 5.65. The lowest BCUT2D eigenvalue weighted by Gasteiger charge is -2.12. The molecule has 1 aromatic heterocycles. The Morgan fingerprint density at radius 3 is 3.25 bits per heavy atom. The van der Waals surface area contributed by atoms with E-state index < -0.39 is 0 Å². The molecule has 1 aliphatic rings. The van der Waals surface area contributed by atoms with Gasteiger partial charge in [0.1, 0.15) is 0 Å². The standard InChI is InChI=1S/C10H14N2O2S2/c1-8-11-9(6-16-8)5-15-7-10(13)12-3-2-4-14-12/h6H,2-5,7H2,1H3. The molecule has 0 aliphatic carbocycles. The quantitative estimate of drug-likeness (QED) is 0.826. The molecule has 0 radical (unpaired) electrons. The summed E-state index contributed by atoms with van der Waals surface area (Å²) in [5, 5.41) is 4.59. The van der Waals surface area contributed by atoms with E-state index in [0.29, 0.717) is 12.4 Å². The smallest absolute Gasteiger partial charge is 0.256 e. The van der Waals surface area contributed by atoms with Crippen LogP contribution in [0, 0.1) is 6.92 Å². The molecular weight excluding hydrogens is 244 g/mol. The van der Waals surface area contributed by atoms with Gasteiger partial charge in [0.15, 0.2) is 0 Å². The highest BCUT2D eigenvalue weighted by molar-refractivity contribution is 7.99. The highest BCUT2D eigenvalue weighted by Crippen LogP contribution is 2.16. The molecule has 1 amide bonds. The van der Waals surface area contributed by atoms with Crippen LogP contribution in [0.3, 0.4) is 0 Å².